The van der Waals surface area contributed by atoms with Gasteiger partial charge in [0.2, 0.25) is 27.7 Å². The van der Waals surface area contributed by atoms with Crippen LogP contribution in [-0.2, 0) is 29.1 Å². The largest absolute Gasteiger partial charge is 0.489 e. The summed E-state index contributed by atoms with van der Waals surface area (Å²) < 4.78 is 38.7. The van der Waals surface area contributed by atoms with Crippen molar-refractivity contribution >= 4 is 33.8 Å². The van der Waals surface area contributed by atoms with Crippen LogP contribution in [0, 0.1) is 11.3 Å². The molecule has 3 heterocycles. The molecule has 2 aliphatic carbocycles. The van der Waals surface area contributed by atoms with Gasteiger partial charge < -0.3 is 25.0 Å². The number of amides is 4. The summed E-state index contributed by atoms with van der Waals surface area (Å²) in [6.07, 6.45) is 5.80. The number of ether oxygens (including phenoxy) is 2. The van der Waals surface area contributed by atoms with Crippen LogP contribution in [0.4, 0.5) is 4.79 Å². The van der Waals surface area contributed by atoms with E-state index in [0.717, 1.165) is 0 Å². The molecule has 0 radical (unpaired) electrons. The van der Waals surface area contributed by atoms with Crippen molar-refractivity contribution in [3.8, 4) is 17.1 Å². The molecule has 1 aromatic carbocycles. The van der Waals surface area contributed by atoms with Crippen molar-refractivity contribution in [3.63, 3.8) is 0 Å². The van der Waals surface area contributed by atoms with Gasteiger partial charge in [0, 0.05) is 18.9 Å². The third kappa shape index (κ3) is 7.22. The predicted molar refractivity (Wildman–Crippen MR) is 179 cm³/mol. The van der Waals surface area contributed by atoms with Crippen LogP contribution >= 0.6 is 0 Å². The molecule has 4 bridgehead atoms. The lowest BCUT2D eigenvalue weighted by Crippen LogP contribution is -2.60. The molecule has 50 heavy (non-hydrogen) atoms. The molecular weight excluding hydrogens is 668 g/mol. The van der Waals surface area contributed by atoms with Crippen LogP contribution in [0.3, 0.4) is 0 Å². The zero-order valence-electron chi connectivity index (χ0n) is 28.2. The molecule has 0 unspecified atom stereocenters. The number of hydrogen-bond donors (Lipinski definition) is 3. The van der Waals surface area contributed by atoms with Gasteiger partial charge in [-0.05, 0) is 48.4 Å². The second kappa shape index (κ2) is 13.5. The molecule has 3 fully saturated rings. The third-order valence-electron chi connectivity index (χ3n) is 9.39. The standard InChI is InChI=1S/C33H42N8O8S/c1-5-20-18-33(20,30(44)38-50(46,47)22-13-14-22)35-28(42)24-17-21-19-40(24)29(43)26(32(2,3)4)34-31(45)49-16-10-6-9-15-48-25-12-8-7-11-23(25)27-36-39-41(21)37-27/h5-9,11-12,20-22,24,26H,1,10,13-19H2,2-4H3,(H,34,45)(H,35,42)(H,38,44)/b9-6+/t20-,21-,24+,26-,33-/m1/s1. The maximum Gasteiger partial charge on any atom is 0.407 e. The van der Waals surface area contributed by atoms with Gasteiger partial charge in [0.15, 0.2) is 0 Å². The molecule has 2 aliphatic heterocycles. The molecule has 268 valence electrons. The summed E-state index contributed by atoms with van der Waals surface area (Å²) in [5, 5.41) is 17.9. The van der Waals surface area contributed by atoms with E-state index in [9.17, 15) is 27.6 Å². The Hall–Kier alpha value is -4.80. The van der Waals surface area contributed by atoms with Crippen molar-refractivity contribution in [2.24, 2.45) is 11.3 Å². The van der Waals surface area contributed by atoms with Crippen molar-refractivity contribution in [1.82, 2.24) is 40.5 Å². The number of carbonyl (C=O) groups is 4. The first-order valence-electron chi connectivity index (χ1n) is 16.6. The lowest BCUT2D eigenvalue weighted by Gasteiger charge is -2.35. The summed E-state index contributed by atoms with van der Waals surface area (Å²) in [6.45, 7) is 9.35. The molecule has 4 aliphatic rings. The number of nitrogens with one attached hydrogen (secondary N) is 3. The Labute approximate surface area is 290 Å². The van der Waals surface area contributed by atoms with Gasteiger partial charge in [-0.3, -0.25) is 19.1 Å². The molecule has 0 spiro atoms. The lowest BCUT2D eigenvalue weighted by molar-refractivity contribution is -0.142. The highest BCUT2D eigenvalue weighted by Gasteiger charge is 2.62. The number of sulfonamides is 1. The summed E-state index contributed by atoms with van der Waals surface area (Å²) in [7, 11) is -3.90. The predicted octanol–water partition coefficient (Wildman–Crippen LogP) is 1.63. The fourth-order valence-electron chi connectivity index (χ4n) is 6.27. The van der Waals surface area contributed by atoms with Crippen molar-refractivity contribution in [2.45, 2.75) is 81.8 Å². The topological polar surface area (TPSA) is 204 Å². The van der Waals surface area contributed by atoms with E-state index in [1.165, 1.54) is 15.8 Å². The van der Waals surface area contributed by atoms with E-state index in [4.69, 9.17) is 9.47 Å². The highest BCUT2D eigenvalue weighted by molar-refractivity contribution is 7.91. The number of nitrogens with zero attached hydrogens (tertiary/aromatic N) is 5. The summed E-state index contributed by atoms with van der Waals surface area (Å²) in [6, 6.07) is 4.32. The minimum Gasteiger partial charge on any atom is -0.489 e. The minimum atomic E-state index is -3.90. The summed E-state index contributed by atoms with van der Waals surface area (Å²) in [5.41, 5.74) is -1.77. The second-order valence-corrected chi connectivity index (χ2v) is 16.1. The highest BCUT2D eigenvalue weighted by Crippen LogP contribution is 2.46. The van der Waals surface area contributed by atoms with Gasteiger partial charge in [0.05, 0.1) is 23.5 Å². The Bertz CT molecular complexity index is 1820. The number of tetrazole rings is 1. The Morgan fingerprint density at radius 2 is 1.90 bits per heavy atom. The van der Waals surface area contributed by atoms with E-state index in [0.29, 0.717) is 30.6 Å². The smallest absolute Gasteiger partial charge is 0.407 e. The number of fused-ring (bicyclic) bond motifs is 7. The van der Waals surface area contributed by atoms with Crippen LogP contribution in [0.2, 0.25) is 0 Å². The average molecular weight is 711 g/mol. The second-order valence-electron chi connectivity index (χ2n) is 14.2. The van der Waals surface area contributed by atoms with Crippen molar-refractivity contribution in [1.29, 1.82) is 0 Å². The Morgan fingerprint density at radius 3 is 2.60 bits per heavy atom. The Morgan fingerprint density at radius 1 is 1.14 bits per heavy atom. The zero-order chi connectivity index (χ0) is 35.8. The number of aromatic nitrogens is 4. The normalized spacial score (nSPS) is 27.9. The summed E-state index contributed by atoms with van der Waals surface area (Å²) >= 11 is 0. The van der Waals surface area contributed by atoms with E-state index in [2.05, 4.69) is 37.3 Å². The van der Waals surface area contributed by atoms with Crippen LogP contribution in [0.25, 0.3) is 11.4 Å². The van der Waals surface area contributed by atoms with Gasteiger partial charge in [-0.25, -0.2) is 13.2 Å². The van der Waals surface area contributed by atoms with Crippen LogP contribution in [0.15, 0.2) is 49.1 Å². The quantitative estimate of drug-likeness (QED) is 0.368. The maximum absolute atomic E-state index is 14.4. The molecule has 4 amide bonds. The fraction of sp³-hybridized carbons (Fsp3) is 0.545. The number of cyclic esters (lactones) is 1. The molecule has 17 heteroatoms. The fourth-order valence-corrected chi connectivity index (χ4v) is 7.64. The van der Waals surface area contributed by atoms with Gasteiger partial charge >= 0.3 is 6.09 Å². The molecule has 3 N–H and O–H groups in total. The van der Waals surface area contributed by atoms with Crippen molar-refractivity contribution < 1.29 is 37.1 Å². The maximum atomic E-state index is 14.4. The van der Waals surface area contributed by atoms with Crippen LogP contribution in [0.5, 0.6) is 5.75 Å². The third-order valence-corrected chi connectivity index (χ3v) is 11.2. The van der Waals surface area contributed by atoms with Gasteiger partial charge in [-0.15, -0.1) is 16.8 Å². The number of hydrogen-bond acceptors (Lipinski definition) is 11. The molecule has 2 aromatic rings. The van der Waals surface area contributed by atoms with Crippen LogP contribution < -0.4 is 20.1 Å². The van der Waals surface area contributed by atoms with E-state index in [-0.39, 0.29) is 38.4 Å². The molecule has 2 saturated carbocycles. The number of benzene rings is 1. The SMILES string of the molecule is C=C[C@@H]1C[C@]1(NC(=O)[C@@H]1C[C@@H]2CN1C(=O)[C@H](C(C)(C)C)NC(=O)OCC/C=C/COc1ccccc1-c1nnn2n1)C(=O)NS(=O)(=O)C1CC1. The molecule has 5 atom stereocenters. The van der Waals surface area contributed by atoms with Crippen molar-refractivity contribution in [2.75, 3.05) is 19.8 Å². The number of carbonyl (C=O) groups excluding carboxylic acids is 4. The van der Waals surface area contributed by atoms with Gasteiger partial charge in [0.25, 0.3) is 5.91 Å². The molecular formula is C33H42N8O8S. The lowest BCUT2D eigenvalue weighted by atomic mass is 9.85. The number of rotatable bonds is 6. The van der Waals surface area contributed by atoms with Crippen LogP contribution in [-0.4, -0.2) is 100.0 Å². The monoisotopic (exact) mass is 710 g/mol. The van der Waals surface area contributed by atoms with Crippen molar-refractivity contribution in [3.05, 3.63) is 49.1 Å². The number of alkyl carbamates (subject to hydrolysis) is 1. The first kappa shape index (κ1) is 35.0. The van der Waals surface area contributed by atoms with Gasteiger partial charge in [0.1, 0.15) is 30.0 Å². The molecule has 1 saturated heterocycles. The Kier molecular flexibility index (Phi) is 9.45. The molecule has 6 rings (SSSR count). The first-order chi connectivity index (χ1) is 23.7. The average Bonchev–Trinajstić information content (AvgIpc) is 3.94. The summed E-state index contributed by atoms with van der Waals surface area (Å²) in [5.74, 6) is -1.80. The van der Waals surface area contributed by atoms with Gasteiger partial charge in [-0.1, -0.05) is 51.1 Å². The van der Waals surface area contributed by atoms with E-state index >= 15 is 0 Å². The highest BCUT2D eigenvalue weighted by atomic mass is 32.2. The van der Waals surface area contributed by atoms with E-state index < -0.39 is 74.1 Å². The summed E-state index contributed by atoms with van der Waals surface area (Å²) in [4.78, 5) is 57.6. The number of para-hydroxylation sites is 1. The van der Waals surface area contributed by atoms with E-state index in [1.54, 1.807) is 39.0 Å². The minimum absolute atomic E-state index is 0.0295. The zero-order valence-corrected chi connectivity index (χ0v) is 29.0. The van der Waals surface area contributed by atoms with E-state index in [1.807, 2.05) is 18.2 Å². The van der Waals surface area contributed by atoms with Gasteiger partial charge in [-0.2, -0.15) is 4.80 Å². The molecule has 16 nitrogen and oxygen atoms in total. The molecule has 1 aromatic heterocycles. The Balaban J connectivity index is 1.33. The van der Waals surface area contributed by atoms with Crippen LogP contribution in [0.1, 0.15) is 58.9 Å². The first-order valence-corrected chi connectivity index (χ1v) is 18.2.